The van der Waals surface area contributed by atoms with E-state index < -0.39 is 118 Å². The Balaban J connectivity index is 1.60. The lowest BCUT2D eigenvalue weighted by atomic mass is 9.44. The molecule has 4 fully saturated rings. The van der Waals surface area contributed by atoms with Crippen LogP contribution in [-0.2, 0) is 52.3 Å². The first-order valence-corrected chi connectivity index (χ1v) is 19.9. The summed E-state index contributed by atoms with van der Waals surface area (Å²) in [7, 11) is 0. The van der Waals surface area contributed by atoms with E-state index in [1.54, 1.807) is 71.9 Å². The third kappa shape index (κ3) is 7.11. The van der Waals surface area contributed by atoms with E-state index >= 15 is 4.79 Å². The molecule has 1 aromatic carbocycles. The smallest absolute Gasteiger partial charge is 0.486 e. The van der Waals surface area contributed by atoms with Crippen molar-refractivity contribution in [3.8, 4) is 5.75 Å². The quantitative estimate of drug-likeness (QED) is 0.174. The molecule has 3 N–H and O–H groups in total. The predicted molar refractivity (Wildman–Crippen MR) is 202 cm³/mol. The summed E-state index contributed by atoms with van der Waals surface area (Å²) in [5, 5.41) is 26.2. The molecule has 2 unspecified atom stereocenters. The van der Waals surface area contributed by atoms with E-state index in [2.05, 4.69) is 5.32 Å². The molecule has 3 aliphatic carbocycles. The number of benzene rings is 1. The van der Waals surface area contributed by atoms with Crippen LogP contribution >= 0.6 is 0 Å². The fraction of sp³-hybridized carbons (Fsp3) is 0.667. The number of nitrogens with one attached hydrogen (secondary N) is 1. The summed E-state index contributed by atoms with van der Waals surface area (Å²) < 4.78 is 48.7. The van der Waals surface area contributed by atoms with Crippen LogP contribution in [0.4, 0.5) is 9.59 Å². The number of ketones is 1. The maximum atomic E-state index is 15.5. The number of alkyl carbamates (subject to hydrolysis) is 1. The van der Waals surface area contributed by atoms with Crippen molar-refractivity contribution in [2.75, 3.05) is 6.61 Å². The zero-order valence-electron chi connectivity index (χ0n) is 35.0. The standard InChI is InChI=1S/C42H55NO16/c1-11-15-24(43-36(50)58-38(5,6)7)28(47)35(49)55-29-20(2)27-30(53-21(3)44)32(48)40(10)25(46)18-26-41(19-52-26,57-22(4)45)31(40)34(54-23-16-13-12-14-17-23)42(39(27,8)9)33(29)56-37(51)59-42/h12-14,16-17,24-26,28-31,33-34,46-47H,11,15,18-19H2,1-10H3,(H,43,50)/t24-,25-,26?,28+,29+,30+,31?,33-,34-,40+,41-,42+/m0/s1. The number of para-hydroxylation sites is 1. The predicted octanol–water partition coefficient (Wildman–Crippen LogP) is 3.63. The summed E-state index contributed by atoms with van der Waals surface area (Å²) in [4.78, 5) is 82.4. The second kappa shape index (κ2) is 15.4. The summed E-state index contributed by atoms with van der Waals surface area (Å²) in [5.74, 6) is -4.85. The normalized spacial score (nSPS) is 35.3. The minimum Gasteiger partial charge on any atom is -0.486 e. The van der Waals surface area contributed by atoms with Gasteiger partial charge in [-0.3, -0.25) is 14.4 Å². The number of hydrogen-bond acceptors (Lipinski definition) is 16. The van der Waals surface area contributed by atoms with Gasteiger partial charge in [-0.2, -0.15) is 0 Å². The third-order valence-electron chi connectivity index (χ3n) is 12.6. The minimum atomic E-state index is -2.14. The minimum absolute atomic E-state index is 0.0542. The van der Waals surface area contributed by atoms with Crippen LogP contribution in [0, 0.1) is 16.7 Å². The molecule has 6 rings (SSSR count). The molecule has 1 aromatic rings. The summed E-state index contributed by atoms with van der Waals surface area (Å²) in [6.45, 7) is 15.0. The van der Waals surface area contributed by atoms with Crippen LogP contribution in [-0.4, -0.2) is 118 Å². The van der Waals surface area contributed by atoms with Crippen molar-refractivity contribution in [3.63, 3.8) is 0 Å². The van der Waals surface area contributed by atoms with Gasteiger partial charge >= 0.3 is 30.2 Å². The SMILES string of the molecule is CCC[C@H](NC(=O)OC(C)(C)C)[C@@H](O)C(=O)O[C@@H]1C(C)=C2[C@@H](OC(C)=O)C(=O)[C@@]3(C)C([C@H](Oc4ccccc4)[C@@]4(OC(=O)O[C@@H]14)C2(C)C)[C@]1(OC(C)=O)COC1C[C@@H]3O. The Labute approximate surface area is 342 Å². The van der Waals surface area contributed by atoms with Gasteiger partial charge in [0.25, 0.3) is 0 Å². The Morgan fingerprint density at radius 3 is 2.24 bits per heavy atom. The van der Waals surface area contributed by atoms with Crippen molar-refractivity contribution in [2.45, 2.75) is 154 Å². The van der Waals surface area contributed by atoms with E-state index in [-0.39, 0.29) is 36.3 Å². The molecular weight excluding hydrogens is 774 g/mol. The van der Waals surface area contributed by atoms with Gasteiger partial charge in [-0.05, 0) is 64.3 Å². The molecule has 59 heavy (non-hydrogen) atoms. The van der Waals surface area contributed by atoms with Gasteiger partial charge in [0, 0.05) is 25.7 Å². The maximum Gasteiger partial charge on any atom is 0.509 e. The van der Waals surface area contributed by atoms with Crippen molar-refractivity contribution in [3.05, 3.63) is 41.5 Å². The van der Waals surface area contributed by atoms with Crippen LogP contribution in [0.2, 0.25) is 0 Å². The second-order valence-corrected chi connectivity index (χ2v) is 17.8. The van der Waals surface area contributed by atoms with E-state index in [1.165, 1.54) is 20.8 Å². The number of fused-ring (bicyclic) bond motifs is 4. The van der Waals surface area contributed by atoms with Gasteiger partial charge < -0.3 is 53.4 Å². The Kier molecular flexibility index (Phi) is 11.4. The summed E-state index contributed by atoms with van der Waals surface area (Å²) >= 11 is 0. The molecule has 1 amide bonds. The Bertz CT molecular complexity index is 1910. The van der Waals surface area contributed by atoms with Gasteiger partial charge in [0.1, 0.15) is 17.5 Å². The Morgan fingerprint density at radius 1 is 1.02 bits per heavy atom. The molecule has 324 valence electrons. The van der Waals surface area contributed by atoms with Crippen LogP contribution < -0.4 is 10.1 Å². The fourth-order valence-corrected chi connectivity index (χ4v) is 10.1. The number of aliphatic hydroxyl groups is 2. The molecule has 17 heteroatoms. The van der Waals surface area contributed by atoms with Crippen molar-refractivity contribution < 1.29 is 76.9 Å². The average Bonchev–Trinajstić information content (AvgIpc) is 3.49. The zero-order chi connectivity index (χ0) is 43.6. The maximum absolute atomic E-state index is 15.5. The van der Waals surface area contributed by atoms with Gasteiger partial charge in [-0.1, -0.05) is 45.4 Å². The number of aliphatic hydroxyl groups excluding tert-OH is 2. The lowest BCUT2D eigenvalue weighted by molar-refractivity contribution is -0.343. The summed E-state index contributed by atoms with van der Waals surface area (Å²) in [6, 6.07) is 7.15. The third-order valence-corrected chi connectivity index (χ3v) is 12.6. The molecule has 1 spiro atoms. The van der Waals surface area contributed by atoms with Crippen LogP contribution in [0.1, 0.15) is 88.5 Å². The van der Waals surface area contributed by atoms with Crippen LogP contribution in [0.15, 0.2) is 41.5 Å². The fourth-order valence-electron chi connectivity index (χ4n) is 10.1. The van der Waals surface area contributed by atoms with Crippen LogP contribution in [0.25, 0.3) is 0 Å². The first kappa shape index (κ1) is 43.8. The lowest BCUT2D eigenvalue weighted by Gasteiger charge is -2.67. The van der Waals surface area contributed by atoms with Gasteiger partial charge in [0.05, 0.1) is 30.1 Å². The number of hydrogen-bond donors (Lipinski definition) is 3. The molecule has 2 bridgehead atoms. The lowest BCUT2D eigenvalue weighted by Crippen LogP contribution is -2.83. The Hall–Kier alpha value is -4.74. The monoisotopic (exact) mass is 829 g/mol. The highest BCUT2D eigenvalue weighted by atomic mass is 16.8. The number of esters is 3. The van der Waals surface area contributed by atoms with Gasteiger partial charge in [0.15, 0.2) is 41.9 Å². The summed E-state index contributed by atoms with van der Waals surface area (Å²) in [5.41, 5.74) is -8.11. The number of ether oxygens (including phenoxy) is 8. The molecule has 5 aliphatic rings. The average molecular weight is 830 g/mol. The second-order valence-electron chi connectivity index (χ2n) is 17.8. The highest BCUT2D eigenvalue weighted by Gasteiger charge is 2.83. The van der Waals surface area contributed by atoms with E-state index in [0.717, 1.165) is 6.92 Å². The zero-order valence-corrected chi connectivity index (χ0v) is 35.0. The van der Waals surface area contributed by atoms with Gasteiger partial charge in [-0.15, -0.1) is 0 Å². The molecule has 2 heterocycles. The molecule has 0 aromatic heterocycles. The molecule has 2 saturated carbocycles. The molecule has 2 saturated heterocycles. The van der Waals surface area contributed by atoms with E-state index in [1.807, 2.05) is 0 Å². The van der Waals surface area contributed by atoms with Crippen molar-refractivity contribution in [1.82, 2.24) is 5.32 Å². The first-order valence-electron chi connectivity index (χ1n) is 19.9. The number of Topliss-reactive ketones (excluding diaryl/α,β-unsaturated/α-hetero) is 1. The largest absolute Gasteiger partial charge is 0.509 e. The number of rotatable bonds is 10. The molecular formula is C42H55NO16. The van der Waals surface area contributed by atoms with Gasteiger partial charge in [0.2, 0.25) is 5.60 Å². The van der Waals surface area contributed by atoms with Crippen molar-refractivity contribution >= 4 is 35.9 Å². The van der Waals surface area contributed by atoms with Gasteiger partial charge in [-0.25, -0.2) is 14.4 Å². The van der Waals surface area contributed by atoms with E-state index in [0.29, 0.717) is 6.42 Å². The topological polar surface area (TPSA) is 229 Å². The summed E-state index contributed by atoms with van der Waals surface area (Å²) in [6.07, 6.45) is -12.8. The molecule has 17 nitrogen and oxygen atoms in total. The highest BCUT2D eigenvalue weighted by molar-refractivity contribution is 5.95. The van der Waals surface area contributed by atoms with Crippen LogP contribution in [0.3, 0.4) is 0 Å². The highest BCUT2D eigenvalue weighted by Crippen LogP contribution is 2.66. The van der Waals surface area contributed by atoms with E-state index in [4.69, 9.17) is 37.9 Å². The number of carbonyl (C=O) groups excluding carboxylic acids is 6. The van der Waals surface area contributed by atoms with E-state index in [9.17, 15) is 34.2 Å². The Morgan fingerprint density at radius 2 is 1.68 bits per heavy atom. The number of amides is 1. The molecule has 2 aliphatic heterocycles. The van der Waals surface area contributed by atoms with Crippen LogP contribution in [0.5, 0.6) is 5.75 Å². The molecule has 0 radical (unpaired) electrons. The van der Waals surface area contributed by atoms with Crippen molar-refractivity contribution in [2.24, 2.45) is 16.7 Å². The first-order chi connectivity index (χ1) is 27.5. The van der Waals surface area contributed by atoms with Crippen molar-refractivity contribution in [1.29, 1.82) is 0 Å². The number of carbonyl (C=O) groups is 6. The molecule has 12 atom stereocenters.